The fraction of sp³-hybridized carbons (Fsp3) is 0.538. The van der Waals surface area contributed by atoms with Gasteiger partial charge in [-0.3, -0.25) is 0 Å². The highest BCUT2D eigenvalue weighted by molar-refractivity contribution is 6.31. The quantitative estimate of drug-likeness (QED) is 0.745. The Bertz CT molecular complexity index is 326. The molecule has 16 heavy (non-hydrogen) atoms. The third kappa shape index (κ3) is 4.42. The third-order valence-corrected chi connectivity index (χ3v) is 3.14. The van der Waals surface area contributed by atoms with Crippen LogP contribution in [0.3, 0.4) is 0 Å². The lowest BCUT2D eigenvalue weighted by Crippen LogP contribution is -2.30. The van der Waals surface area contributed by atoms with E-state index in [1.54, 1.807) is 0 Å². The minimum absolute atomic E-state index is 0.586. The number of aryl methyl sites for hydroxylation is 1. The maximum absolute atomic E-state index is 6.04. The van der Waals surface area contributed by atoms with Crippen molar-refractivity contribution in [3.8, 4) is 0 Å². The lowest BCUT2D eigenvalue weighted by atomic mass is 10.2. The number of hydrogen-bond donors (Lipinski definition) is 2. The minimum Gasteiger partial charge on any atom is -0.384 e. The fourth-order valence-corrected chi connectivity index (χ4v) is 1.55. The topological polar surface area (TPSA) is 24.1 Å². The molecule has 2 N–H and O–H groups in total. The molecular formula is C13H21ClN2. The van der Waals surface area contributed by atoms with Crippen molar-refractivity contribution in [3.63, 3.8) is 0 Å². The molecule has 0 bridgehead atoms. The Balaban J connectivity index is 2.29. The van der Waals surface area contributed by atoms with Gasteiger partial charge in [0.25, 0.3) is 0 Å². The third-order valence-electron chi connectivity index (χ3n) is 2.73. The Morgan fingerprint density at radius 3 is 2.69 bits per heavy atom. The first-order valence-corrected chi connectivity index (χ1v) is 6.24. The van der Waals surface area contributed by atoms with Crippen LogP contribution in [-0.2, 0) is 0 Å². The molecule has 1 rings (SSSR count). The van der Waals surface area contributed by atoms with E-state index in [1.165, 1.54) is 0 Å². The van der Waals surface area contributed by atoms with Gasteiger partial charge < -0.3 is 10.6 Å². The molecule has 1 aromatic carbocycles. The van der Waals surface area contributed by atoms with Gasteiger partial charge in [0.05, 0.1) is 0 Å². The lowest BCUT2D eigenvalue weighted by Gasteiger charge is -2.12. The van der Waals surface area contributed by atoms with Crippen molar-refractivity contribution in [2.75, 3.05) is 18.4 Å². The van der Waals surface area contributed by atoms with Gasteiger partial charge >= 0.3 is 0 Å². The average Bonchev–Trinajstić information content (AvgIpc) is 2.28. The summed E-state index contributed by atoms with van der Waals surface area (Å²) in [4.78, 5) is 0. The summed E-state index contributed by atoms with van der Waals surface area (Å²) >= 11 is 6.04. The Morgan fingerprint density at radius 2 is 2.06 bits per heavy atom. The van der Waals surface area contributed by atoms with E-state index in [4.69, 9.17) is 11.6 Å². The highest BCUT2D eigenvalue weighted by Gasteiger charge is 1.98. The number of hydrogen-bond acceptors (Lipinski definition) is 2. The van der Waals surface area contributed by atoms with E-state index in [9.17, 15) is 0 Å². The molecule has 0 saturated carbocycles. The molecule has 0 heterocycles. The van der Waals surface area contributed by atoms with Crippen LogP contribution in [0.15, 0.2) is 18.2 Å². The molecule has 0 aromatic heterocycles. The van der Waals surface area contributed by atoms with Gasteiger partial charge in [-0.05, 0) is 38.0 Å². The van der Waals surface area contributed by atoms with Crippen LogP contribution in [0.25, 0.3) is 0 Å². The standard InChI is InChI=1S/C13H21ClN2/c1-4-11(3)15-7-8-16-12-6-5-10(2)13(14)9-12/h5-6,9,11,15-16H,4,7-8H2,1-3H3. The second kappa shape index (κ2) is 6.77. The van der Waals surface area contributed by atoms with Crippen LogP contribution in [0.2, 0.25) is 5.02 Å². The SMILES string of the molecule is CCC(C)NCCNc1ccc(C)c(Cl)c1. The summed E-state index contributed by atoms with van der Waals surface area (Å²) in [5.41, 5.74) is 2.20. The Labute approximate surface area is 103 Å². The molecule has 1 atom stereocenters. The summed E-state index contributed by atoms with van der Waals surface area (Å²) in [6, 6.07) is 6.65. The molecule has 0 saturated heterocycles. The number of anilines is 1. The van der Waals surface area contributed by atoms with E-state index < -0.39 is 0 Å². The van der Waals surface area contributed by atoms with Crippen molar-refractivity contribution < 1.29 is 0 Å². The fourth-order valence-electron chi connectivity index (χ4n) is 1.37. The van der Waals surface area contributed by atoms with Gasteiger partial charge in [-0.15, -0.1) is 0 Å². The zero-order valence-electron chi connectivity index (χ0n) is 10.3. The zero-order chi connectivity index (χ0) is 12.0. The van der Waals surface area contributed by atoms with Gasteiger partial charge in [0.2, 0.25) is 0 Å². The van der Waals surface area contributed by atoms with Crippen molar-refractivity contribution in [2.45, 2.75) is 33.2 Å². The summed E-state index contributed by atoms with van der Waals surface area (Å²) in [7, 11) is 0. The van der Waals surface area contributed by atoms with Gasteiger partial charge in [0.1, 0.15) is 0 Å². The van der Waals surface area contributed by atoms with Gasteiger partial charge in [0, 0.05) is 29.8 Å². The highest BCUT2D eigenvalue weighted by Crippen LogP contribution is 2.19. The molecule has 0 fully saturated rings. The molecule has 0 aliphatic carbocycles. The van der Waals surface area contributed by atoms with Crippen LogP contribution in [0.5, 0.6) is 0 Å². The van der Waals surface area contributed by atoms with Crippen molar-refractivity contribution in [2.24, 2.45) is 0 Å². The van der Waals surface area contributed by atoms with Crippen LogP contribution in [-0.4, -0.2) is 19.1 Å². The number of rotatable bonds is 6. The molecule has 90 valence electrons. The van der Waals surface area contributed by atoms with Gasteiger partial charge in [0.15, 0.2) is 0 Å². The van der Waals surface area contributed by atoms with Crippen LogP contribution >= 0.6 is 11.6 Å². The summed E-state index contributed by atoms with van der Waals surface area (Å²) < 4.78 is 0. The molecule has 1 unspecified atom stereocenters. The second-order valence-electron chi connectivity index (χ2n) is 4.15. The molecule has 0 spiro atoms. The summed E-state index contributed by atoms with van der Waals surface area (Å²) in [6.07, 6.45) is 1.16. The maximum atomic E-state index is 6.04. The van der Waals surface area contributed by atoms with Crippen LogP contribution < -0.4 is 10.6 Å². The van der Waals surface area contributed by atoms with E-state index in [-0.39, 0.29) is 0 Å². The minimum atomic E-state index is 0.586. The molecule has 0 aliphatic rings. The van der Waals surface area contributed by atoms with Crippen LogP contribution in [0.1, 0.15) is 25.8 Å². The first-order chi connectivity index (χ1) is 7.63. The molecule has 2 nitrogen and oxygen atoms in total. The first-order valence-electron chi connectivity index (χ1n) is 5.87. The highest BCUT2D eigenvalue weighted by atomic mass is 35.5. The molecule has 3 heteroatoms. The Morgan fingerprint density at radius 1 is 1.31 bits per heavy atom. The Hall–Kier alpha value is -0.730. The molecule has 0 amide bonds. The van der Waals surface area contributed by atoms with Gasteiger partial charge in [-0.25, -0.2) is 0 Å². The number of nitrogens with one attached hydrogen (secondary N) is 2. The van der Waals surface area contributed by atoms with Gasteiger partial charge in [-0.1, -0.05) is 24.6 Å². The van der Waals surface area contributed by atoms with E-state index in [0.717, 1.165) is 35.8 Å². The molecule has 0 radical (unpaired) electrons. The van der Waals surface area contributed by atoms with Gasteiger partial charge in [-0.2, -0.15) is 0 Å². The number of benzene rings is 1. The number of halogens is 1. The zero-order valence-corrected chi connectivity index (χ0v) is 11.1. The van der Waals surface area contributed by atoms with Crippen molar-refractivity contribution in [1.29, 1.82) is 0 Å². The Kier molecular flexibility index (Phi) is 5.64. The lowest BCUT2D eigenvalue weighted by molar-refractivity contribution is 0.546. The summed E-state index contributed by atoms with van der Waals surface area (Å²) in [6.45, 7) is 8.29. The molecule has 0 aliphatic heterocycles. The normalized spacial score (nSPS) is 12.5. The van der Waals surface area contributed by atoms with Crippen LogP contribution in [0.4, 0.5) is 5.69 Å². The predicted molar refractivity (Wildman–Crippen MR) is 72.4 cm³/mol. The largest absolute Gasteiger partial charge is 0.384 e. The second-order valence-corrected chi connectivity index (χ2v) is 4.56. The maximum Gasteiger partial charge on any atom is 0.0455 e. The summed E-state index contributed by atoms with van der Waals surface area (Å²) in [5, 5.41) is 7.60. The van der Waals surface area contributed by atoms with Crippen molar-refractivity contribution in [3.05, 3.63) is 28.8 Å². The first kappa shape index (κ1) is 13.3. The van der Waals surface area contributed by atoms with Crippen molar-refractivity contribution in [1.82, 2.24) is 5.32 Å². The van der Waals surface area contributed by atoms with E-state index in [1.807, 2.05) is 19.1 Å². The predicted octanol–water partition coefficient (Wildman–Crippen LogP) is 3.45. The van der Waals surface area contributed by atoms with E-state index >= 15 is 0 Å². The average molecular weight is 241 g/mol. The smallest absolute Gasteiger partial charge is 0.0455 e. The van der Waals surface area contributed by atoms with Crippen LogP contribution in [0, 0.1) is 6.92 Å². The molecular weight excluding hydrogens is 220 g/mol. The monoisotopic (exact) mass is 240 g/mol. The van der Waals surface area contributed by atoms with Crippen molar-refractivity contribution >= 4 is 17.3 Å². The summed E-state index contributed by atoms with van der Waals surface area (Å²) in [5.74, 6) is 0. The van der Waals surface area contributed by atoms with E-state index in [2.05, 4.69) is 30.5 Å². The van der Waals surface area contributed by atoms with E-state index in [0.29, 0.717) is 6.04 Å². The molecule has 1 aromatic rings.